The van der Waals surface area contributed by atoms with Gasteiger partial charge in [0.25, 0.3) is 0 Å². The number of halogens is 1. The van der Waals surface area contributed by atoms with Gasteiger partial charge in [0.2, 0.25) is 0 Å². The number of pyridine rings is 1. The molecule has 0 aliphatic rings. The molecule has 31 heavy (non-hydrogen) atoms. The van der Waals surface area contributed by atoms with E-state index >= 15 is 0 Å². The second-order valence-corrected chi connectivity index (χ2v) is 6.93. The van der Waals surface area contributed by atoms with E-state index in [1.165, 1.54) is 10.8 Å². The zero-order chi connectivity index (χ0) is 22.2. The maximum Gasteiger partial charge on any atom is 0.423 e. The lowest BCUT2D eigenvalue weighted by molar-refractivity contribution is 0.423. The summed E-state index contributed by atoms with van der Waals surface area (Å²) >= 11 is 3.31. The van der Waals surface area contributed by atoms with Gasteiger partial charge in [-0.1, -0.05) is 40.2 Å². The molecule has 4 aromatic rings. The van der Waals surface area contributed by atoms with Crippen LogP contribution in [0.5, 0.6) is 0 Å². The average molecular weight is 475 g/mol. The van der Waals surface area contributed by atoms with Gasteiger partial charge in [0.15, 0.2) is 5.65 Å². The van der Waals surface area contributed by atoms with E-state index in [0.717, 1.165) is 22.0 Å². The van der Waals surface area contributed by atoms with Gasteiger partial charge < -0.3 is 4.42 Å². The van der Waals surface area contributed by atoms with Crippen molar-refractivity contribution in [3.05, 3.63) is 110 Å². The molecule has 2 aromatic carbocycles. The van der Waals surface area contributed by atoms with E-state index in [1.54, 1.807) is 42.5 Å². The summed E-state index contributed by atoms with van der Waals surface area (Å²) < 4.78 is 5.97. The molecule has 8 heteroatoms. The van der Waals surface area contributed by atoms with Crippen molar-refractivity contribution in [2.24, 2.45) is 0 Å². The molecule has 2 heterocycles. The van der Waals surface area contributed by atoms with Gasteiger partial charge in [0.05, 0.1) is 29.8 Å². The summed E-state index contributed by atoms with van der Waals surface area (Å²) in [5, 5.41) is 18.4. The number of hydrogen-bond acceptors (Lipinski definition) is 6. The fraction of sp³-hybridized carbons (Fsp3) is 0.0870. The van der Waals surface area contributed by atoms with E-state index in [1.807, 2.05) is 24.3 Å². The third kappa shape index (κ3) is 5.33. The molecule has 0 N–H and O–H groups in total. The smallest absolute Gasteiger partial charge is 0.372 e. The Morgan fingerprint density at radius 2 is 1.58 bits per heavy atom. The van der Waals surface area contributed by atoms with Crippen LogP contribution >= 0.6 is 15.9 Å². The molecule has 0 bridgehead atoms. The van der Waals surface area contributed by atoms with Gasteiger partial charge in [0.1, 0.15) is 5.39 Å². The Kier molecular flexibility index (Phi) is 7.10. The van der Waals surface area contributed by atoms with Crippen LogP contribution in [0.25, 0.3) is 11.0 Å². The Balaban J connectivity index is 0.000000229. The van der Waals surface area contributed by atoms with Crippen LogP contribution < -0.4 is 11.4 Å². The van der Waals surface area contributed by atoms with Crippen molar-refractivity contribution in [2.75, 3.05) is 0 Å². The average Bonchev–Trinajstić information content (AvgIpc) is 2.82. The van der Waals surface area contributed by atoms with Crippen LogP contribution in [-0.2, 0) is 11.9 Å². The molecule has 0 saturated heterocycles. The lowest BCUT2D eigenvalue weighted by atomic mass is 10.1. The summed E-state index contributed by atoms with van der Waals surface area (Å²) in [6.45, 7) is 0.172. The van der Waals surface area contributed by atoms with Crippen LogP contribution in [0, 0.1) is 22.7 Å². The fourth-order valence-electron chi connectivity index (χ4n) is 2.83. The largest absolute Gasteiger partial charge is 0.423 e. The third-order valence-electron chi connectivity index (χ3n) is 4.27. The van der Waals surface area contributed by atoms with Crippen molar-refractivity contribution in [1.29, 1.82) is 10.5 Å². The molecule has 7 nitrogen and oxygen atoms in total. The number of nitriles is 2. The topological polar surface area (TPSA) is 113 Å². The predicted octanol–water partition coefficient (Wildman–Crippen LogP) is 3.72. The molecular formula is C23H15BrN4O3. The third-order valence-corrected chi connectivity index (χ3v) is 4.92. The number of fused-ring (bicyclic) bond motifs is 1. The minimum absolute atomic E-state index is 0.172. The molecule has 0 unspecified atom stereocenters. The van der Waals surface area contributed by atoms with E-state index in [0.29, 0.717) is 5.56 Å². The summed E-state index contributed by atoms with van der Waals surface area (Å²) in [7, 11) is 0. The van der Waals surface area contributed by atoms with Gasteiger partial charge >= 0.3 is 11.4 Å². The Hall–Kier alpha value is -4.01. The van der Waals surface area contributed by atoms with Gasteiger partial charge in [-0.3, -0.25) is 4.57 Å². The normalized spacial score (nSPS) is 9.90. The number of rotatable bonds is 3. The zero-order valence-electron chi connectivity index (χ0n) is 16.2. The highest BCUT2D eigenvalue weighted by Crippen LogP contribution is 2.09. The lowest BCUT2D eigenvalue weighted by Crippen LogP contribution is -2.26. The highest BCUT2D eigenvalue weighted by Gasteiger charge is 2.10. The number of aromatic nitrogens is 2. The van der Waals surface area contributed by atoms with E-state index in [4.69, 9.17) is 14.9 Å². The Morgan fingerprint density at radius 3 is 2.23 bits per heavy atom. The fourth-order valence-corrected chi connectivity index (χ4v) is 3.18. The van der Waals surface area contributed by atoms with Gasteiger partial charge in [-0.05, 0) is 47.5 Å². The standard InChI is InChI=1S/C15H9N3O3.C8H6BrN/c16-8-10-3-1-4-11(7-10)9-18-13-12(5-2-6-17-13)14(19)21-15(18)20;9-5-7-2-1-3-8(4-7)6-10/h1-7H,9H2;1-4H,5H2. The summed E-state index contributed by atoms with van der Waals surface area (Å²) in [4.78, 5) is 27.6. The van der Waals surface area contributed by atoms with Gasteiger partial charge in [-0.25, -0.2) is 14.6 Å². The van der Waals surface area contributed by atoms with Crippen molar-refractivity contribution in [1.82, 2.24) is 9.55 Å². The monoisotopic (exact) mass is 474 g/mol. The van der Waals surface area contributed by atoms with Crippen molar-refractivity contribution in [3.8, 4) is 12.1 Å². The molecule has 0 spiro atoms. The molecule has 0 atom stereocenters. The van der Waals surface area contributed by atoms with E-state index in [9.17, 15) is 9.59 Å². The highest BCUT2D eigenvalue weighted by atomic mass is 79.9. The van der Waals surface area contributed by atoms with Crippen molar-refractivity contribution in [2.45, 2.75) is 11.9 Å². The van der Waals surface area contributed by atoms with E-state index < -0.39 is 11.4 Å². The Labute approximate surface area is 185 Å². The molecule has 0 amide bonds. The van der Waals surface area contributed by atoms with Crippen molar-refractivity contribution < 1.29 is 4.42 Å². The first-order chi connectivity index (χ1) is 15.0. The maximum absolute atomic E-state index is 11.9. The summed E-state index contributed by atoms with van der Waals surface area (Å²) in [5.74, 6) is -0.770. The maximum atomic E-state index is 11.9. The second kappa shape index (κ2) is 10.1. The van der Waals surface area contributed by atoms with Crippen LogP contribution in [0.4, 0.5) is 0 Å². The summed E-state index contributed by atoms with van der Waals surface area (Å²) in [6, 6.07) is 21.7. The highest BCUT2D eigenvalue weighted by molar-refractivity contribution is 9.08. The molecule has 0 saturated carbocycles. The molecule has 0 aliphatic carbocycles. The molecule has 4 rings (SSSR count). The lowest BCUT2D eigenvalue weighted by Gasteiger charge is -2.07. The Morgan fingerprint density at radius 1 is 0.935 bits per heavy atom. The quantitative estimate of drug-likeness (QED) is 0.418. The van der Waals surface area contributed by atoms with Crippen molar-refractivity contribution in [3.63, 3.8) is 0 Å². The molecule has 0 radical (unpaired) electrons. The van der Waals surface area contributed by atoms with Crippen LogP contribution in [0.15, 0.2) is 80.9 Å². The molecule has 152 valence electrons. The van der Waals surface area contributed by atoms with Crippen molar-refractivity contribution >= 4 is 27.0 Å². The van der Waals surface area contributed by atoms with Gasteiger partial charge in [-0.2, -0.15) is 10.5 Å². The first kappa shape index (κ1) is 21.7. The minimum Gasteiger partial charge on any atom is -0.372 e. The minimum atomic E-state index is -0.770. The zero-order valence-corrected chi connectivity index (χ0v) is 17.7. The van der Waals surface area contributed by atoms with Gasteiger partial charge in [-0.15, -0.1) is 0 Å². The molecule has 0 aliphatic heterocycles. The predicted molar refractivity (Wildman–Crippen MR) is 119 cm³/mol. The van der Waals surface area contributed by atoms with Crippen LogP contribution in [0.2, 0.25) is 0 Å². The molecule has 2 aromatic heterocycles. The SMILES string of the molecule is N#Cc1cccc(CBr)c1.N#Cc1cccc(Cn2c(=O)oc(=O)c3cccnc32)c1. The van der Waals surface area contributed by atoms with E-state index in [2.05, 4.69) is 27.0 Å². The molecular weight excluding hydrogens is 460 g/mol. The Bertz CT molecular complexity index is 1430. The summed E-state index contributed by atoms with van der Waals surface area (Å²) in [6.07, 6.45) is 1.50. The molecule has 0 fully saturated rings. The summed E-state index contributed by atoms with van der Waals surface area (Å²) in [5.41, 5.74) is 2.66. The number of nitrogens with zero attached hydrogens (tertiary/aromatic N) is 4. The van der Waals surface area contributed by atoms with Gasteiger partial charge in [0, 0.05) is 11.5 Å². The van der Waals surface area contributed by atoms with Crippen LogP contribution in [0.1, 0.15) is 22.3 Å². The first-order valence-electron chi connectivity index (χ1n) is 9.08. The number of alkyl halides is 1. The van der Waals surface area contributed by atoms with E-state index in [-0.39, 0.29) is 17.6 Å². The van der Waals surface area contributed by atoms with Crippen LogP contribution in [-0.4, -0.2) is 9.55 Å². The number of hydrogen-bond donors (Lipinski definition) is 0. The number of benzene rings is 2. The first-order valence-corrected chi connectivity index (χ1v) is 10.2. The van der Waals surface area contributed by atoms with Crippen LogP contribution in [0.3, 0.4) is 0 Å². The second-order valence-electron chi connectivity index (χ2n) is 6.37.